The molecule has 0 bridgehead atoms. The molecule has 0 aliphatic carbocycles. The number of amides is 1. The molecule has 1 fully saturated rings. The molecule has 2 aromatic rings. The van der Waals surface area contributed by atoms with Crippen LogP contribution in [0.4, 0.5) is 11.6 Å². The largest absolute Gasteiger partial charge is 0.493 e. The smallest absolute Gasteiger partial charge is 0.263 e. The van der Waals surface area contributed by atoms with Gasteiger partial charge in [-0.2, -0.15) is 0 Å². The van der Waals surface area contributed by atoms with Crippen LogP contribution in [0.1, 0.15) is 19.8 Å². The average Bonchev–Trinajstić information content (AvgIpc) is 2.67. The number of carbonyl (C=O) groups excluding carboxylic acids is 1. The van der Waals surface area contributed by atoms with Crippen LogP contribution in [0.2, 0.25) is 0 Å². The van der Waals surface area contributed by atoms with Crippen LogP contribution < -0.4 is 19.7 Å². The summed E-state index contributed by atoms with van der Waals surface area (Å²) in [6.07, 6.45) is 3.78. The third-order valence-electron chi connectivity index (χ3n) is 4.46. The van der Waals surface area contributed by atoms with Gasteiger partial charge in [-0.25, -0.2) is 9.97 Å². The SMILES string of the molecule is COc1ccccc1OCC(=O)Nc1cc(N2CCC(C)CC2)ncn1. The number of rotatable bonds is 6. The Morgan fingerprint density at radius 2 is 1.96 bits per heavy atom. The summed E-state index contributed by atoms with van der Waals surface area (Å²) in [6, 6.07) is 9.01. The van der Waals surface area contributed by atoms with E-state index in [9.17, 15) is 4.79 Å². The van der Waals surface area contributed by atoms with Crippen LogP contribution in [0, 0.1) is 5.92 Å². The molecular weight excluding hydrogens is 332 g/mol. The van der Waals surface area contributed by atoms with Crippen molar-refractivity contribution in [3.8, 4) is 11.5 Å². The van der Waals surface area contributed by atoms with Crippen molar-refractivity contribution in [2.24, 2.45) is 5.92 Å². The minimum atomic E-state index is -0.284. The Morgan fingerprint density at radius 1 is 1.23 bits per heavy atom. The molecule has 138 valence electrons. The fraction of sp³-hybridized carbons (Fsp3) is 0.421. The minimum absolute atomic E-state index is 0.124. The van der Waals surface area contributed by atoms with E-state index >= 15 is 0 Å². The topological polar surface area (TPSA) is 76.6 Å². The number of hydrogen-bond donors (Lipinski definition) is 1. The van der Waals surface area contributed by atoms with E-state index in [1.165, 1.54) is 6.33 Å². The maximum absolute atomic E-state index is 12.2. The first-order valence-corrected chi connectivity index (χ1v) is 8.78. The third-order valence-corrected chi connectivity index (χ3v) is 4.46. The molecule has 26 heavy (non-hydrogen) atoms. The molecule has 1 amide bonds. The van der Waals surface area contributed by atoms with Gasteiger partial charge >= 0.3 is 0 Å². The van der Waals surface area contributed by atoms with E-state index in [0.29, 0.717) is 17.3 Å². The summed E-state index contributed by atoms with van der Waals surface area (Å²) in [6.45, 7) is 4.09. The second-order valence-electron chi connectivity index (χ2n) is 6.42. The van der Waals surface area contributed by atoms with Crippen LogP contribution >= 0.6 is 0 Å². The number of benzene rings is 1. The summed E-state index contributed by atoms with van der Waals surface area (Å²) in [4.78, 5) is 22.8. The summed E-state index contributed by atoms with van der Waals surface area (Å²) in [7, 11) is 1.56. The molecule has 1 N–H and O–H groups in total. The number of anilines is 2. The van der Waals surface area contributed by atoms with E-state index in [1.54, 1.807) is 25.3 Å². The Bertz CT molecular complexity index is 745. The van der Waals surface area contributed by atoms with Gasteiger partial charge in [0, 0.05) is 19.2 Å². The number of methoxy groups -OCH3 is 1. The van der Waals surface area contributed by atoms with Gasteiger partial charge < -0.3 is 19.7 Å². The number of ether oxygens (including phenoxy) is 2. The highest BCUT2D eigenvalue weighted by Crippen LogP contribution is 2.26. The zero-order valence-electron chi connectivity index (χ0n) is 15.1. The number of para-hydroxylation sites is 2. The van der Waals surface area contributed by atoms with Gasteiger partial charge in [0.05, 0.1) is 7.11 Å². The van der Waals surface area contributed by atoms with Gasteiger partial charge in [0.15, 0.2) is 18.1 Å². The van der Waals surface area contributed by atoms with Gasteiger partial charge in [0.25, 0.3) is 5.91 Å². The van der Waals surface area contributed by atoms with Crippen molar-refractivity contribution >= 4 is 17.5 Å². The Kier molecular flexibility index (Phi) is 5.88. The van der Waals surface area contributed by atoms with Crippen molar-refractivity contribution in [1.29, 1.82) is 0 Å². The Hall–Kier alpha value is -2.83. The molecule has 1 saturated heterocycles. The number of carbonyl (C=O) groups is 1. The van der Waals surface area contributed by atoms with Crippen molar-refractivity contribution in [3.05, 3.63) is 36.7 Å². The second kappa shape index (κ2) is 8.51. The van der Waals surface area contributed by atoms with Crippen molar-refractivity contribution in [2.75, 3.05) is 37.0 Å². The summed E-state index contributed by atoms with van der Waals surface area (Å²) in [5.41, 5.74) is 0. The van der Waals surface area contributed by atoms with Crippen LogP contribution in [0.25, 0.3) is 0 Å². The van der Waals surface area contributed by atoms with Gasteiger partial charge in [0.2, 0.25) is 0 Å². The van der Waals surface area contributed by atoms with Crippen molar-refractivity contribution < 1.29 is 14.3 Å². The van der Waals surface area contributed by atoms with Crippen molar-refractivity contribution in [3.63, 3.8) is 0 Å². The number of nitrogens with one attached hydrogen (secondary N) is 1. The lowest BCUT2D eigenvalue weighted by molar-refractivity contribution is -0.118. The molecule has 1 aromatic carbocycles. The quantitative estimate of drug-likeness (QED) is 0.858. The van der Waals surface area contributed by atoms with E-state index in [1.807, 2.05) is 12.1 Å². The predicted octanol–water partition coefficient (Wildman–Crippen LogP) is 2.74. The normalized spacial score (nSPS) is 14.8. The first-order chi connectivity index (χ1) is 12.7. The molecule has 0 unspecified atom stereocenters. The van der Waals surface area contributed by atoms with Crippen LogP contribution in [-0.2, 0) is 4.79 Å². The molecule has 1 aromatic heterocycles. The van der Waals surface area contributed by atoms with Crippen LogP contribution in [-0.4, -0.2) is 42.7 Å². The fourth-order valence-electron chi connectivity index (χ4n) is 2.89. The van der Waals surface area contributed by atoms with Crippen LogP contribution in [0.5, 0.6) is 11.5 Å². The molecular formula is C19H24N4O3. The molecule has 0 radical (unpaired) electrons. The second-order valence-corrected chi connectivity index (χ2v) is 6.42. The van der Waals surface area contributed by atoms with Crippen LogP contribution in [0.15, 0.2) is 36.7 Å². The standard InChI is InChI=1S/C19H24N4O3/c1-14-7-9-23(10-8-14)18-11-17(20-13-21-18)22-19(24)12-26-16-6-4-3-5-15(16)25-2/h3-6,11,13-14H,7-10,12H2,1-2H3,(H,20,21,22,24). The zero-order chi connectivity index (χ0) is 18.4. The molecule has 2 heterocycles. The first kappa shape index (κ1) is 18.0. The maximum atomic E-state index is 12.2. The van der Waals surface area contributed by atoms with E-state index in [4.69, 9.17) is 9.47 Å². The summed E-state index contributed by atoms with van der Waals surface area (Å²) in [5, 5.41) is 2.76. The van der Waals surface area contributed by atoms with Crippen LogP contribution in [0.3, 0.4) is 0 Å². The van der Waals surface area contributed by atoms with E-state index in [2.05, 4.69) is 27.1 Å². The maximum Gasteiger partial charge on any atom is 0.263 e. The monoisotopic (exact) mass is 356 g/mol. The van der Waals surface area contributed by atoms with Gasteiger partial charge in [0.1, 0.15) is 18.0 Å². The van der Waals surface area contributed by atoms with Crippen molar-refractivity contribution in [2.45, 2.75) is 19.8 Å². The predicted molar refractivity (Wildman–Crippen MR) is 99.8 cm³/mol. The van der Waals surface area contributed by atoms with E-state index < -0.39 is 0 Å². The minimum Gasteiger partial charge on any atom is -0.493 e. The Morgan fingerprint density at radius 3 is 2.69 bits per heavy atom. The Labute approximate surface area is 153 Å². The molecule has 0 atom stereocenters. The summed E-state index contributed by atoms with van der Waals surface area (Å²) < 4.78 is 10.7. The average molecular weight is 356 g/mol. The van der Waals surface area contributed by atoms with E-state index in [0.717, 1.165) is 37.7 Å². The highest BCUT2D eigenvalue weighted by molar-refractivity contribution is 5.91. The lowest BCUT2D eigenvalue weighted by Gasteiger charge is -2.31. The summed E-state index contributed by atoms with van der Waals surface area (Å²) in [5.74, 6) is 2.89. The lowest BCUT2D eigenvalue weighted by Crippen LogP contribution is -2.33. The lowest BCUT2D eigenvalue weighted by atomic mass is 9.99. The molecule has 7 heteroatoms. The Balaban J connectivity index is 1.56. The highest BCUT2D eigenvalue weighted by atomic mass is 16.5. The highest BCUT2D eigenvalue weighted by Gasteiger charge is 2.17. The molecule has 3 rings (SSSR count). The fourth-order valence-corrected chi connectivity index (χ4v) is 2.89. The van der Waals surface area contributed by atoms with Gasteiger partial charge in [-0.1, -0.05) is 19.1 Å². The van der Waals surface area contributed by atoms with Gasteiger partial charge in [-0.05, 0) is 30.9 Å². The molecule has 0 saturated carbocycles. The molecule has 7 nitrogen and oxygen atoms in total. The van der Waals surface area contributed by atoms with Gasteiger partial charge in [-0.15, -0.1) is 0 Å². The molecule has 1 aliphatic heterocycles. The molecule has 0 spiro atoms. The summed E-state index contributed by atoms with van der Waals surface area (Å²) >= 11 is 0. The number of piperidine rings is 1. The first-order valence-electron chi connectivity index (χ1n) is 8.78. The number of nitrogens with zero attached hydrogens (tertiary/aromatic N) is 3. The van der Waals surface area contributed by atoms with E-state index in [-0.39, 0.29) is 12.5 Å². The molecule has 1 aliphatic rings. The number of hydrogen-bond acceptors (Lipinski definition) is 6. The van der Waals surface area contributed by atoms with Crippen molar-refractivity contribution in [1.82, 2.24) is 9.97 Å². The third kappa shape index (κ3) is 4.62. The van der Waals surface area contributed by atoms with Gasteiger partial charge in [-0.3, -0.25) is 4.79 Å². The number of aromatic nitrogens is 2. The zero-order valence-corrected chi connectivity index (χ0v) is 15.1.